The summed E-state index contributed by atoms with van der Waals surface area (Å²) < 4.78 is 0. The van der Waals surface area contributed by atoms with Gasteiger partial charge in [0.2, 0.25) is 0 Å². The zero-order chi connectivity index (χ0) is 17.0. The molecule has 4 aromatic rings. The lowest BCUT2D eigenvalue weighted by Gasteiger charge is -2.22. The fourth-order valence-corrected chi connectivity index (χ4v) is 3.75. The molecule has 0 aliphatic heterocycles. The summed E-state index contributed by atoms with van der Waals surface area (Å²) in [6.45, 7) is 0. The predicted molar refractivity (Wildman–Crippen MR) is 97.6 cm³/mol. The first-order valence-electron chi connectivity index (χ1n) is 8.12. The Labute approximate surface area is 144 Å². The third-order valence-corrected chi connectivity index (χ3v) is 4.85. The van der Waals surface area contributed by atoms with Gasteiger partial charge in [-0.2, -0.15) is 0 Å². The van der Waals surface area contributed by atoms with Crippen molar-refractivity contribution in [1.82, 2.24) is 9.97 Å². The molecule has 2 heterocycles. The van der Waals surface area contributed by atoms with Gasteiger partial charge < -0.3 is 5.11 Å². The summed E-state index contributed by atoms with van der Waals surface area (Å²) in [7, 11) is 0. The molecule has 0 radical (unpaired) electrons. The summed E-state index contributed by atoms with van der Waals surface area (Å²) in [6.07, 6.45) is 3.44. The highest BCUT2D eigenvalue weighted by Crippen LogP contribution is 2.47. The number of nitrogens with two attached hydrogens (primary N) is 1. The van der Waals surface area contributed by atoms with E-state index in [4.69, 9.17) is 5.73 Å². The average molecular weight is 325 g/mol. The smallest absolute Gasteiger partial charge is 0.171 e. The Bertz CT molecular complexity index is 1130. The summed E-state index contributed by atoms with van der Waals surface area (Å²) in [5.74, 6) is 0. The van der Waals surface area contributed by atoms with Crippen molar-refractivity contribution in [3.8, 4) is 22.5 Å². The first-order valence-corrected chi connectivity index (χ1v) is 8.12. The molecular formula is C21H15N3O. The van der Waals surface area contributed by atoms with Gasteiger partial charge in [-0.3, -0.25) is 15.7 Å². The minimum atomic E-state index is -1.61. The van der Waals surface area contributed by atoms with Crippen LogP contribution in [0.2, 0.25) is 0 Å². The molecule has 1 atom stereocenters. The maximum atomic E-state index is 11.1. The summed E-state index contributed by atoms with van der Waals surface area (Å²) in [5, 5.41) is 13.4. The fourth-order valence-electron chi connectivity index (χ4n) is 3.75. The second-order valence-corrected chi connectivity index (χ2v) is 6.27. The summed E-state index contributed by atoms with van der Waals surface area (Å²) in [4.78, 5) is 8.85. The van der Waals surface area contributed by atoms with Crippen LogP contribution in [0, 0.1) is 0 Å². The molecule has 2 aromatic carbocycles. The second-order valence-electron chi connectivity index (χ2n) is 6.27. The number of aliphatic hydroxyl groups is 1. The molecule has 0 saturated heterocycles. The number of benzene rings is 2. The monoisotopic (exact) mass is 325 g/mol. The maximum Gasteiger partial charge on any atom is 0.171 e. The van der Waals surface area contributed by atoms with Crippen molar-refractivity contribution in [2.45, 2.75) is 5.72 Å². The van der Waals surface area contributed by atoms with Gasteiger partial charge in [-0.25, -0.2) is 0 Å². The van der Waals surface area contributed by atoms with E-state index in [0.29, 0.717) is 22.5 Å². The van der Waals surface area contributed by atoms with Crippen molar-refractivity contribution < 1.29 is 5.11 Å². The van der Waals surface area contributed by atoms with Crippen molar-refractivity contribution in [3.63, 3.8) is 0 Å². The topological polar surface area (TPSA) is 72.0 Å². The fraction of sp³-hybridized carbons (Fsp3) is 0.0476. The first-order chi connectivity index (χ1) is 12.2. The SMILES string of the molecule is NC1(O)c2cccnc2-c2nccc(-c3cccc4ccccc34)c21. The van der Waals surface area contributed by atoms with Crippen LogP contribution in [0.3, 0.4) is 0 Å². The highest BCUT2D eigenvalue weighted by Gasteiger charge is 2.42. The molecule has 1 aliphatic rings. The van der Waals surface area contributed by atoms with Crippen LogP contribution in [-0.4, -0.2) is 15.1 Å². The summed E-state index contributed by atoms with van der Waals surface area (Å²) >= 11 is 0. The molecule has 0 saturated carbocycles. The third kappa shape index (κ3) is 1.89. The van der Waals surface area contributed by atoms with Crippen molar-refractivity contribution in [2.75, 3.05) is 0 Å². The number of pyridine rings is 2. The van der Waals surface area contributed by atoms with Gasteiger partial charge in [-0.1, -0.05) is 48.5 Å². The van der Waals surface area contributed by atoms with E-state index in [1.807, 2.05) is 30.3 Å². The van der Waals surface area contributed by atoms with Gasteiger partial charge in [-0.15, -0.1) is 0 Å². The number of rotatable bonds is 1. The standard InChI is InChI=1S/C21H15N3O/c22-21(25)17-9-4-11-23-19(17)20-18(21)16(10-12-24-20)15-8-3-6-13-5-1-2-7-14(13)15/h1-12,25H,22H2. The molecule has 4 heteroatoms. The van der Waals surface area contributed by atoms with Gasteiger partial charge in [0.25, 0.3) is 0 Å². The molecule has 0 spiro atoms. The van der Waals surface area contributed by atoms with E-state index in [-0.39, 0.29) is 0 Å². The largest absolute Gasteiger partial charge is 0.367 e. The van der Waals surface area contributed by atoms with E-state index in [9.17, 15) is 5.11 Å². The molecule has 4 nitrogen and oxygen atoms in total. The van der Waals surface area contributed by atoms with E-state index >= 15 is 0 Å². The number of fused-ring (bicyclic) bond motifs is 4. The Hall–Kier alpha value is -3.08. The number of hydrogen-bond donors (Lipinski definition) is 2. The Balaban J connectivity index is 1.87. The van der Waals surface area contributed by atoms with Crippen molar-refractivity contribution in [2.24, 2.45) is 5.73 Å². The Morgan fingerprint density at radius 1 is 0.760 bits per heavy atom. The molecule has 1 unspecified atom stereocenters. The van der Waals surface area contributed by atoms with Crippen molar-refractivity contribution >= 4 is 10.8 Å². The van der Waals surface area contributed by atoms with Gasteiger partial charge in [0.05, 0.1) is 11.4 Å². The average Bonchev–Trinajstić information content (AvgIpc) is 2.90. The number of aromatic nitrogens is 2. The third-order valence-electron chi connectivity index (χ3n) is 4.85. The van der Waals surface area contributed by atoms with Crippen LogP contribution in [0.5, 0.6) is 0 Å². The quantitative estimate of drug-likeness (QED) is 0.526. The van der Waals surface area contributed by atoms with E-state index in [2.05, 4.69) is 28.2 Å². The summed E-state index contributed by atoms with van der Waals surface area (Å²) in [5.41, 5.74) is 9.14. The zero-order valence-electron chi connectivity index (χ0n) is 13.3. The van der Waals surface area contributed by atoms with Crippen molar-refractivity contribution in [1.29, 1.82) is 0 Å². The van der Waals surface area contributed by atoms with Crippen LogP contribution in [0.25, 0.3) is 33.3 Å². The van der Waals surface area contributed by atoms with Crippen LogP contribution >= 0.6 is 0 Å². The van der Waals surface area contributed by atoms with Gasteiger partial charge in [0.15, 0.2) is 5.72 Å². The molecule has 5 rings (SSSR count). The molecule has 3 N–H and O–H groups in total. The predicted octanol–water partition coefficient (Wildman–Crippen LogP) is 3.43. The maximum absolute atomic E-state index is 11.1. The molecule has 25 heavy (non-hydrogen) atoms. The number of nitrogens with zero attached hydrogens (tertiary/aromatic N) is 2. The highest BCUT2D eigenvalue weighted by atomic mass is 16.3. The molecule has 0 bridgehead atoms. The van der Waals surface area contributed by atoms with Gasteiger partial charge in [0, 0.05) is 23.5 Å². The minimum absolute atomic E-state index is 0.588. The zero-order valence-corrected chi connectivity index (χ0v) is 13.3. The summed E-state index contributed by atoms with van der Waals surface area (Å²) in [6, 6.07) is 19.8. The van der Waals surface area contributed by atoms with Crippen molar-refractivity contribution in [3.05, 3.63) is 84.2 Å². The van der Waals surface area contributed by atoms with Crippen LogP contribution in [0.4, 0.5) is 0 Å². The van der Waals surface area contributed by atoms with Gasteiger partial charge in [-0.05, 0) is 34.0 Å². The normalized spacial score (nSPS) is 18.2. The lowest BCUT2D eigenvalue weighted by atomic mass is 9.91. The lowest BCUT2D eigenvalue weighted by Crippen LogP contribution is -2.36. The number of hydrogen-bond acceptors (Lipinski definition) is 4. The van der Waals surface area contributed by atoms with E-state index < -0.39 is 5.72 Å². The Morgan fingerprint density at radius 2 is 1.56 bits per heavy atom. The highest BCUT2D eigenvalue weighted by molar-refractivity contribution is 5.99. The molecule has 120 valence electrons. The van der Waals surface area contributed by atoms with Crippen LogP contribution < -0.4 is 5.73 Å². The van der Waals surface area contributed by atoms with Gasteiger partial charge in [0.1, 0.15) is 0 Å². The Morgan fingerprint density at radius 3 is 2.48 bits per heavy atom. The van der Waals surface area contributed by atoms with Crippen LogP contribution in [0.15, 0.2) is 73.1 Å². The van der Waals surface area contributed by atoms with Crippen LogP contribution in [0.1, 0.15) is 11.1 Å². The molecule has 0 fully saturated rings. The Kier molecular flexibility index (Phi) is 2.83. The molecule has 1 aliphatic carbocycles. The molecule has 2 aromatic heterocycles. The molecule has 0 amide bonds. The second kappa shape index (κ2) is 4.96. The van der Waals surface area contributed by atoms with E-state index in [1.165, 1.54) is 0 Å². The lowest BCUT2D eigenvalue weighted by molar-refractivity contribution is 0.0936. The first kappa shape index (κ1) is 14.3. The van der Waals surface area contributed by atoms with E-state index in [1.54, 1.807) is 24.5 Å². The molecular weight excluding hydrogens is 310 g/mol. The minimum Gasteiger partial charge on any atom is -0.367 e. The van der Waals surface area contributed by atoms with E-state index in [0.717, 1.165) is 21.9 Å². The van der Waals surface area contributed by atoms with Crippen LogP contribution in [-0.2, 0) is 5.72 Å². The van der Waals surface area contributed by atoms with Gasteiger partial charge >= 0.3 is 0 Å².